The van der Waals surface area contributed by atoms with Crippen molar-refractivity contribution < 1.29 is 9.18 Å². The van der Waals surface area contributed by atoms with Gasteiger partial charge in [0.1, 0.15) is 12.1 Å². The van der Waals surface area contributed by atoms with E-state index in [1.54, 1.807) is 6.07 Å². The monoisotopic (exact) mass is 258 g/mol. The van der Waals surface area contributed by atoms with Crippen molar-refractivity contribution in [2.24, 2.45) is 0 Å². The zero-order chi connectivity index (χ0) is 10.7. The topological polar surface area (TPSA) is 17.1 Å². The second kappa shape index (κ2) is 4.69. The average Bonchev–Trinajstić information content (AvgIpc) is 2.11. The molecule has 0 spiro atoms. The summed E-state index contributed by atoms with van der Waals surface area (Å²) in [7, 11) is 0. The van der Waals surface area contributed by atoms with E-state index in [2.05, 4.69) is 15.9 Å². The Bertz CT molecular complexity index is 349. The molecule has 0 aliphatic carbocycles. The molecule has 0 radical (unpaired) electrons. The minimum atomic E-state index is -0.260. The maximum absolute atomic E-state index is 13.1. The molecule has 0 aliphatic rings. The quantitative estimate of drug-likeness (QED) is 0.758. The second-order valence-corrected chi connectivity index (χ2v) is 4.28. The average molecular weight is 259 g/mol. The van der Waals surface area contributed by atoms with E-state index in [4.69, 9.17) is 0 Å². The first-order chi connectivity index (χ1) is 6.56. The number of halogens is 2. The van der Waals surface area contributed by atoms with E-state index in [9.17, 15) is 9.18 Å². The fourth-order valence-corrected chi connectivity index (χ4v) is 1.82. The summed E-state index contributed by atoms with van der Waals surface area (Å²) < 4.78 is 13.5. The maximum atomic E-state index is 13.1. The highest BCUT2D eigenvalue weighted by Crippen LogP contribution is 2.27. The fraction of sp³-hybridized carbons (Fsp3) is 0.364. The number of rotatable bonds is 3. The number of aryl methyl sites for hydroxylation is 1. The van der Waals surface area contributed by atoms with Gasteiger partial charge in [-0.25, -0.2) is 4.39 Å². The van der Waals surface area contributed by atoms with E-state index in [0.29, 0.717) is 10.9 Å². The van der Waals surface area contributed by atoms with Crippen molar-refractivity contribution in [1.82, 2.24) is 0 Å². The third-order valence-corrected chi connectivity index (χ3v) is 2.90. The minimum absolute atomic E-state index is 0.143. The molecule has 14 heavy (non-hydrogen) atoms. The Hall–Kier alpha value is -0.700. The molecule has 76 valence electrons. The number of hydrogen-bond acceptors (Lipinski definition) is 1. The largest absolute Gasteiger partial charge is 0.303 e. The first-order valence-corrected chi connectivity index (χ1v) is 5.24. The first kappa shape index (κ1) is 11.4. The molecule has 1 rings (SSSR count). The van der Waals surface area contributed by atoms with Gasteiger partial charge in [0.05, 0.1) is 4.47 Å². The highest BCUT2D eigenvalue weighted by molar-refractivity contribution is 9.10. The summed E-state index contributed by atoms with van der Waals surface area (Å²) in [6.07, 6.45) is 1.36. The lowest BCUT2D eigenvalue weighted by molar-refractivity contribution is -0.108. The van der Waals surface area contributed by atoms with Crippen molar-refractivity contribution in [2.75, 3.05) is 0 Å². The van der Waals surface area contributed by atoms with Gasteiger partial charge in [-0.05, 0) is 52.0 Å². The standard InChI is InChI=1S/C11H12BrFO/c1-7(3-4-14)9-6-10(12)11(13)5-8(9)2/h4-7H,3H2,1-2H3. The van der Waals surface area contributed by atoms with Crippen LogP contribution in [0, 0.1) is 12.7 Å². The Labute approximate surface area is 91.5 Å². The van der Waals surface area contributed by atoms with Crippen LogP contribution in [0.2, 0.25) is 0 Å². The van der Waals surface area contributed by atoms with Gasteiger partial charge in [-0.2, -0.15) is 0 Å². The van der Waals surface area contributed by atoms with Gasteiger partial charge in [0, 0.05) is 6.42 Å². The Kier molecular flexibility index (Phi) is 3.81. The lowest BCUT2D eigenvalue weighted by atomic mass is 9.94. The van der Waals surface area contributed by atoms with Gasteiger partial charge < -0.3 is 4.79 Å². The van der Waals surface area contributed by atoms with Gasteiger partial charge in [-0.15, -0.1) is 0 Å². The van der Waals surface area contributed by atoms with Gasteiger partial charge >= 0.3 is 0 Å². The van der Waals surface area contributed by atoms with Crippen molar-refractivity contribution in [1.29, 1.82) is 0 Å². The normalized spacial score (nSPS) is 12.6. The Morgan fingerprint density at radius 1 is 1.57 bits per heavy atom. The molecule has 0 heterocycles. The number of hydrogen-bond donors (Lipinski definition) is 0. The molecule has 1 atom stereocenters. The third-order valence-electron chi connectivity index (χ3n) is 2.29. The summed E-state index contributed by atoms with van der Waals surface area (Å²) in [5.41, 5.74) is 1.91. The molecule has 0 aliphatic heterocycles. The van der Waals surface area contributed by atoms with Crippen LogP contribution in [0.1, 0.15) is 30.4 Å². The SMILES string of the molecule is Cc1cc(F)c(Br)cc1C(C)CC=O. The van der Waals surface area contributed by atoms with E-state index in [1.165, 1.54) is 6.07 Å². The molecule has 0 aromatic heterocycles. The second-order valence-electron chi connectivity index (χ2n) is 3.43. The molecule has 1 unspecified atom stereocenters. The van der Waals surface area contributed by atoms with Crippen molar-refractivity contribution in [2.45, 2.75) is 26.2 Å². The van der Waals surface area contributed by atoms with Crippen molar-refractivity contribution in [3.05, 3.63) is 33.5 Å². The zero-order valence-corrected chi connectivity index (χ0v) is 9.77. The van der Waals surface area contributed by atoms with E-state index < -0.39 is 0 Å². The number of aldehydes is 1. The molecule has 0 bridgehead atoms. The molecular weight excluding hydrogens is 247 g/mol. The smallest absolute Gasteiger partial charge is 0.137 e. The molecule has 1 aromatic carbocycles. The van der Waals surface area contributed by atoms with E-state index in [0.717, 1.165) is 17.4 Å². The maximum Gasteiger partial charge on any atom is 0.137 e. The molecule has 0 saturated carbocycles. The summed E-state index contributed by atoms with van der Waals surface area (Å²) >= 11 is 3.14. The van der Waals surface area contributed by atoms with Crippen LogP contribution in [0.5, 0.6) is 0 Å². The number of carbonyl (C=O) groups excluding carboxylic acids is 1. The highest BCUT2D eigenvalue weighted by atomic mass is 79.9. The molecule has 0 saturated heterocycles. The molecule has 3 heteroatoms. The van der Waals surface area contributed by atoms with Crippen LogP contribution in [0.25, 0.3) is 0 Å². The van der Waals surface area contributed by atoms with Gasteiger partial charge in [0.2, 0.25) is 0 Å². The predicted molar refractivity (Wildman–Crippen MR) is 57.9 cm³/mol. The van der Waals surface area contributed by atoms with Crippen LogP contribution in [-0.2, 0) is 4.79 Å². The van der Waals surface area contributed by atoms with E-state index in [-0.39, 0.29) is 11.7 Å². The summed E-state index contributed by atoms with van der Waals surface area (Å²) in [4.78, 5) is 10.4. The molecule has 0 amide bonds. The number of benzene rings is 1. The van der Waals surface area contributed by atoms with Crippen molar-refractivity contribution in [3.63, 3.8) is 0 Å². The van der Waals surface area contributed by atoms with Crippen molar-refractivity contribution in [3.8, 4) is 0 Å². The molecule has 1 nitrogen and oxygen atoms in total. The van der Waals surface area contributed by atoms with Gasteiger partial charge in [-0.3, -0.25) is 0 Å². The van der Waals surface area contributed by atoms with Gasteiger partial charge in [0.25, 0.3) is 0 Å². The molecule has 0 fully saturated rings. The van der Waals surface area contributed by atoms with Gasteiger partial charge in [0.15, 0.2) is 0 Å². The molecular formula is C11H12BrFO. The van der Waals surface area contributed by atoms with Crippen LogP contribution >= 0.6 is 15.9 Å². The van der Waals surface area contributed by atoms with Crippen LogP contribution in [-0.4, -0.2) is 6.29 Å². The molecule has 0 N–H and O–H groups in total. The van der Waals surface area contributed by atoms with Crippen molar-refractivity contribution >= 4 is 22.2 Å². The first-order valence-electron chi connectivity index (χ1n) is 4.45. The van der Waals surface area contributed by atoms with Crippen LogP contribution < -0.4 is 0 Å². The lowest BCUT2D eigenvalue weighted by Crippen LogP contribution is -1.98. The summed E-state index contributed by atoms with van der Waals surface area (Å²) in [5, 5.41) is 0. The Morgan fingerprint density at radius 2 is 2.21 bits per heavy atom. The van der Waals surface area contributed by atoms with Crippen LogP contribution in [0.15, 0.2) is 16.6 Å². The zero-order valence-electron chi connectivity index (χ0n) is 8.18. The fourth-order valence-electron chi connectivity index (χ4n) is 1.46. The highest BCUT2D eigenvalue weighted by Gasteiger charge is 2.11. The Morgan fingerprint density at radius 3 is 2.79 bits per heavy atom. The Balaban J connectivity index is 3.08. The minimum Gasteiger partial charge on any atom is -0.303 e. The summed E-state index contributed by atoms with van der Waals surface area (Å²) in [5.74, 6) is -0.117. The van der Waals surface area contributed by atoms with Crippen LogP contribution in [0.3, 0.4) is 0 Å². The summed E-state index contributed by atoms with van der Waals surface area (Å²) in [6, 6.07) is 3.24. The van der Waals surface area contributed by atoms with Gasteiger partial charge in [-0.1, -0.05) is 6.92 Å². The van der Waals surface area contributed by atoms with E-state index in [1.807, 2.05) is 13.8 Å². The lowest BCUT2D eigenvalue weighted by Gasteiger charge is -2.12. The third kappa shape index (κ3) is 2.41. The predicted octanol–water partition coefficient (Wildman–Crippen LogP) is 3.59. The number of carbonyl (C=O) groups is 1. The molecule has 1 aromatic rings. The van der Waals surface area contributed by atoms with E-state index >= 15 is 0 Å². The van der Waals surface area contributed by atoms with Crippen LogP contribution in [0.4, 0.5) is 4.39 Å². The summed E-state index contributed by atoms with van der Waals surface area (Å²) in [6.45, 7) is 3.81.